The number of rotatable bonds is 0. The minimum atomic E-state index is -0.249. The molecule has 1 aliphatic carbocycles. The van der Waals surface area contributed by atoms with Crippen LogP contribution >= 0.6 is 0 Å². The fourth-order valence-electron chi connectivity index (χ4n) is 3.60. The summed E-state index contributed by atoms with van der Waals surface area (Å²) in [5.74, 6) is -0.498. The SMILES string of the molecule is Nc1cccc2c1NC(=C1C(=O)c3cc4ccccc4cc3C1=O)C=C2. The molecule has 4 nitrogen and oxygen atoms in total. The molecule has 1 aliphatic heterocycles. The zero-order chi connectivity index (χ0) is 17.8. The molecular weight excluding hydrogens is 324 g/mol. The van der Waals surface area contributed by atoms with E-state index in [1.54, 1.807) is 24.3 Å². The van der Waals surface area contributed by atoms with Crippen LogP contribution in [0.2, 0.25) is 0 Å². The maximum Gasteiger partial charge on any atom is 0.199 e. The summed E-state index contributed by atoms with van der Waals surface area (Å²) >= 11 is 0. The van der Waals surface area contributed by atoms with Crippen molar-refractivity contribution in [2.45, 2.75) is 0 Å². The molecule has 3 aromatic rings. The molecule has 3 N–H and O–H groups in total. The van der Waals surface area contributed by atoms with Crippen molar-refractivity contribution >= 4 is 39.8 Å². The van der Waals surface area contributed by atoms with Crippen molar-refractivity contribution in [3.05, 3.63) is 88.6 Å². The van der Waals surface area contributed by atoms with Crippen LogP contribution in [0.15, 0.2) is 71.9 Å². The molecule has 0 saturated heterocycles. The highest BCUT2D eigenvalue weighted by molar-refractivity contribution is 6.41. The molecule has 124 valence electrons. The molecule has 3 aromatic carbocycles. The molecule has 0 atom stereocenters. The van der Waals surface area contributed by atoms with Gasteiger partial charge in [-0.15, -0.1) is 0 Å². The van der Waals surface area contributed by atoms with Crippen LogP contribution in [0.1, 0.15) is 26.3 Å². The van der Waals surface area contributed by atoms with Crippen molar-refractivity contribution in [3.8, 4) is 0 Å². The molecule has 26 heavy (non-hydrogen) atoms. The lowest BCUT2D eigenvalue weighted by Crippen LogP contribution is -2.14. The molecule has 0 spiro atoms. The van der Waals surface area contributed by atoms with Crippen molar-refractivity contribution in [2.75, 3.05) is 11.1 Å². The van der Waals surface area contributed by atoms with Crippen LogP contribution in [0.3, 0.4) is 0 Å². The number of carbonyl (C=O) groups excluding carboxylic acids is 2. The fourth-order valence-corrected chi connectivity index (χ4v) is 3.60. The van der Waals surface area contributed by atoms with E-state index >= 15 is 0 Å². The third-order valence-corrected chi connectivity index (χ3v) is 4.92. The molecule has 0 radical (unpaired) electrons. The summed E-state index contributed by atoms with van der Waals surface area (Å²) < 4.78 is 0. The number of anilines is 2. The van der Waals surface area contributed by atoms with Crippen molar-refractivity contribution in [1.29, 1.82) is 0 Å². The number of para-hydroxylation sites is 1. The zero-order valence-electron chi connectivity index (χ0n) is 13.7. The third-order valence-electron chi connectivity index (χ3n) is 4.92. The summed E-state index contributed by atoms with van der Waals surface area (Å²) in [5, 5.41) is 5.06. The van der Waals surface area contributed by atoms with Gasteiger partial charge in [0, 0.05) is 16.7 Å². The van der Waals surface area contributed by atoms with E-state index in [1.165, 1.54) is 0 Å². The van der Waals surface area contributed by atoms with Crippen LogP contribution in [0, 0.1) is 0 Å². The summed E-state index contributed by atoms with van der Waals surface area (Å²) in [6.07, 6.45) is 3.63. The summed E-state index contributed by atoms with van der Waals surface area (Å²) in [5.41, 5.74) is 9.83. The minimum Gasteiger partial charge on any atom is -0.397 e. The quantitative estimate of drug-likeness (QED) is 0.366. The van der Waals surface area contributed by atoms with Gasteiger partial charge in [0.15, 0.2) is 11.6 Å². The smallest absolute Gasteiger partial charge is 0.199 e. The number of allylic oxidation sites excluding steroid dienone is 2. The number of ketones is 2. The Kier molecular flexibility index (Phi) is 2.91. The Morgan fingerprint density at radius 1 is 0.769 bits per heavy atom. The van der Waals surface area contributed by atoms with Gasteiger partial charge < -0.3 is 11.1 Å². The van der Waals surface area contributed by atoms with Gasteiger partial charge in [0.25, 0.3) is 0 Å². The van der Waals surface area contributed by atoms with E-state index < -0.39 is 0 Å². The predicted molar refractivity (Wildman–Crippen MR) is 103 cm³/mol. The average molecular weight is 338 g/mol. The first-order chi connectivity index (χ1) is 12.6. The van der Waals surface area contributed by atoms with Gasteiger partial charge in [0.2, 0.25) is 0 Å². The molecule has 4 heteroatoms. The molecule has 0 bridgehead atoms. The van der Waals surface area contributed by atoms with Gasteiger partial charge in [-0.3, -0.25) is 9.59 Å². The Balaban J connectivity index is 1.68. The second-order valence-electron chi connectivity index (χ2n) is 6.46. The van der Waals surface area contributed by atoms with Gasteiger partial charge in [0.1, 0.15) is 0 Å². The van der Waals surface area contributed by atoms with E-state index in [1.807, 2.05) is 42.5 Å². The number of hydrogen-bond acceptors (Lipinski definition) is 4. The largest absolute Gasteiger partial charge is 0.397 e. The number of Topliss-reactive ketones (excluding diaryl/α,β-unsaturated/α-hetero) is 2. The highest BCUT2D eigenvalue weighted by Crippen LogP contribution is 2.36. The first kappa shape index (κ1) is 14.7. The van der Waals surface area contributed by atoms with Gasteiger partial charge in [-0.25, -0.2) is 0 Å². The monoisotopic (exact) mass is 338 g/mol. The second kappa shape index (κ2) is 5.17. The fraction of sp³-hybridized carbons (Fsp3) is 0. The van der Waals surface area contributed by atoms with Crippen molar-refractivity contribution < 1.29 is 9.59 Å². The van der Waals surface area contributed by atoms with Crippen LogP contribution < -0.4 is 11.1 Å². The molecule has 0 fully saturated rings. The van der Waals surface area contributed by atoms with Crippen molar-refractivity contribution in [3.63, 3.8) is 0 Å². The van der Waals surface area contributed by atoms with Crippen LogP contribution in [-0.4, -0.2) is 11.6 Å². The number of fused-ring (bicyclic) bond motifs is 3. The summed E-state index contributed by atoms with van der Waals surface area (Å²) in [6.45, 7) is 0. The number of nitrogens with one attached hydrogen (secondary N) is 1. The Labute approximate surface area is 149 Å². The molecule has 2 aliphatic rings. The molecule has 0 saturated carbocycles. The van der Waals surface area contributed by atoms with Crippen LogP contribution in [0.4, 0.5) is 11.4 Å². The topological polar surface area (TPSA) is 72.2 Å². The van der Waals surface area contributed by atoms with Crippen molar-refractivity contribution in [1.82, 2.24) is 0 Å². The summed E-state index contributed by atoms with van der Waals surface area (Å²) in [4.78, 5) is 25.9. The van der Waals surface area contributed by atoms with Gasteiger partial charge in [-0.05, 0) is 35.0 Å². The standard InChI is InChI=1S/C22H14N2O2/c23-17-7-3-6-12-8-9-18(24-20(12)17)19-21(25)15-10-13-4-1-2-5-14(13)11-16(15)22(19)26/h1-11,24H,23H2. The molecule has 1 heterocycles. The Hall–Kier alpha value is -3.66. The van der Waals surface area contributed by atoms with Crippen molar-refractivity contribution in [2.24, 2.45) is 0 Å². The molecule has 0 amide bonds. The van der Waals surface area contributed by atoms with E-state index in [0.29, 0.717) is 22.5 Å². The Morgan fingerprint density at radius 3 is 2.08 bits per heavy atom. The highest BCUT2D eigenvalue weighted by Gasteiger charge is 2.36. The maximum absolute atomic E-state index is 13.0. The Bertz CT molecular complexity index is 1150. The maximum atomic E-state index is 13.0. The van der Waals surface area contributed by atoms with Gasteiger partial charge in [-0.2, -0.15) is 0 Å². The van der Waals surface area contributed by atoms with E-state index in [0.717, 1.165) is 22.0 Å². The number of benzene rings is 3. The van der Waals surface area contributed by atoms with E-state index in [2.05, 4.69) is 5.32 Å². The van der Waals surface area contributed by atoms with Crippen LogP contribution in [0.5, 0.6) is 0 Å². The first-order valence-electron chi connectivity index (χ1n) is 8.33. The summed E-state index contributed by atoms with van der Waals surface area (Å²) in [6, 6.07) is 16.9. The number of carbonyl (C=O) groups is 2. The molecule has 0 aromatic heterocycles. The molecule has 0 unspecified atom stereocenters. The van der Waals surface area contributed by atoms with E-state index in [4.69, 9.17) is 5.73 Å². The second-order valence-corrected chi connectivity index (χ2v) is 6.46. The number of nitrogen functional groups attached to an aromatic ring is 1. The van der Waals surface area contributed by atoms with Crippen LogP contribution in [0.25, 0.3) is 16.8 Å². The first-order valence-corrected chi connectivity index (χ1v) is 8.33. The van der Waals surface area contributed by atoms with Gasteiger partial charge in [-0.1, -0.05) is 42.5 Å². The molecular formula is C22H14N2O2. The van der Waals surface area contributed by atoms with Gasteiger partial charge >= 0.3 is 0 Å². The third kappa shape index (κ3) is 1.96. The zero-order valence-corrected chi connectivity index (χ0v) is 13.7. The molecule has 5 rings (SSSR count). The van der Waals surface area contributed by atoms with E-state index in [-0.39, 0.29) is 17.1 Å². The highest BCUT2D eigenvalue weighted by atomic mass is 16.2. The Morgan fingerprint density at radius 2 is 1.42 bits per heavy atom. The average Bonchev–Trinajstić information content (AvgIpc) is 2.90. The lowest BCUT2D eigenvalue weighted by molar-refractivity contribution is 0.0987. The van der Waals surface area contributed by atoms with Crippen LogP contribution in [-0.2, 0) is 0 Å². The summed E-state index contributed by atoms with van der Waals surface area (Å²) in [7, 11) is 0. The minimum absolute atomic E-state index is 0.167. The van der Waals surface area contributed by atoms with E-state index in [9.17, 15) is 9.59 Å². The lowest BCUT2D eigenvalue weighted by atomic mass is 10.0. The predicted octanol–water partition coefficient (Wildman–Crippen LogP) is 4.19. The normalized spacial score (nSPS) is 15.2. The number of hydrogen-bond donors (Lipinski definition) is 2. The lowest BCUT2D eigenvalue weighted by Gasteiger charge is -2.18. The van der Waals surface area contributed by atoms with Gasteiger partial charge in [0.05, 0.1) is 22.6 Å². The number of nitrogens with two attached hydrogens (primary N) is 1.